The molecular weight excluding hydrogens is 248 g/mol. The monoisotopic (exact) mass is 268 g/mol. The molecule has 6 heteroatoms. The molecule has 0 unspecified atom stereocenters. The van der Waals surface area contributed by atoms with Crippen LogP contribution in [0.1, 0.15) is 39.4 Å². The summed E-state index contributed by atoms with van der Waals surface area (Å²) >= 11 is 1.37. The SMILES string of the molecule is CC(C)NC(=O)CSc1cc(N)nc(C(C)C)n1. The highest BCUT2D eigenvalue weighted by Crippen LogP contribution is 2.20. The van der Waals surface area contributed by atoms with Crippen molar-refractivity contribution in [1.29, 1.82) is 0 Å². The summed E-state index contributed by atoms with van der Waals surface area (Å²) in [7, 11) is 0. The molecular formula is C12H20N4OS. The van der Waals surface area contributed by atoms with Crippen LogP contribution < -0.4 is 11.1 Å². The van der Waals surface area contributed by atoms with Gasteiger partial charge in [-0.25, -0.2) is 9.97 Å². The Balaban J connectivity index is 2.64. The zero-order valence-electron chi connectivity index (χ0n) is 11.2. The number of carbonyl (C=O) groups excluding carboxylic acids is 1. The summed E-state index contributed by atoms with van der Waals surface area (Å²) in [5.41, 5.74) is 5.72. The number of nitrogen functional groups attached to an aromatic ring is 1. The molecule has 3 N–H and O–H groups in total. The third-order valence-corrected chi connectivity index (χ3v) is 2.97. The minimum Gasteiger partial charge on any atom is -0.384 e. The van der Waals surface area contributed by atoms with Crippen LogP contribution in [0.25, 0.3) is 0 Å². The predicted molar refractivity (Wildman–Crippen MR) is 74.5 cm³/mol. The molecule has 1 rings (SSSR count). The second-order valence-corrected chi connectivity index (χ2v) is 5.65. The molecule has 0 spiro atoms. The Morgan fingerprint density at radius 1 is 1.39 bits per heavy atom. The molecule has 1 heterocycles. The first-order valence-electron chi connectivity index (χ1n) is 5.95. The van der Waals surface area contributed by atoms with Gasteiger partial charge in [0.1, 0.15) is 16.7 Å². The van der Waals surface area contributed by atoms with E-state index in [1.807, 2.05) is 27.7 Å². The van der Waals surface area contributed by atoms with E-state index < -0.39 is 0 Å². The maximum atomic E-state index is 11.5. The summed E-state index contributed by atoms with van der Waals surface area (Å²) in [5, 5.41) is 3.57. The van der Waals surface area contributed by atoms with Gasteiger partial charge in [-0.2, -0.15) is 0 Å². The topological polar surface area (TPSA) is 80.9 Å². The summed E-state index contributed by atoms with van der Waals surface area (Å²) in [5.74, 6) is 1.71. The maximum absolute atomic E-state index is 11.5. The first-order valence-corrected chi connectivity index (χ1v) is 6.93. The molecule has 0 fully saturated rings. The normalized spacial score (nSPS) is 11.0. The number of anilines is 1. The number of carbonyl (C=O) groups is 1. The molecule has 5 nitrogen and oxygen atoms in total. The largest absolute Gasteiger partial charge is 0.384 e. The number of nitrogens with zero attached hydrogens (tertiary/aromatic N) is 2. The lowest BCUT2D eigenvalue weighted by Gasteiger charge is -2.09. The van der Waals surface area contributed by atoms with Crippen LogP contribution >= 0.6 is 11.8 Å². The molecule has 0 aliphatic heterocycles. The van der Waals surface area contributed by atoms with Crippen molar-refractivity contribution in [2.24, 2.45) is 0 Å². The number of hydrogen-bond acceptors (Lipinski definition) is 5. The van der Waals surface area contributed by atoms with Gasteiger partial charge >= 0.3 is 0 Å². The van der Waals surface area contributed by atoms with Crippen LogP contribution in [0.3, 0.4) is 0 Å². The smallest absolute Gasteiger partial charge is 0.230 e. The molecule has 0 saturated carbocycles. The van der Waals surface area contributed by atoms with Crippen molar-refractivity contribution < 1.29 is 4.79 Å². The van der Waals surface area contributed by atoms with Gasteiger partial charge in [0.25, 0.3) is 0 Å². The minimum atomic E-state index is -0.00159. The van der Waals surface area contributed by atoms with Crippen LogP contribution in [0, 0.1) is 0 Å². The fraction of sp³-hybridized carbons (Fsp3) is 0.583. The van der Waals surface area contributed by atoms with E-state index >= 15 is 0 Å². The highest BCUT2D eigenvalue weighted by Gasteiger charge is 2.09. The number of nitrogens with two attached hydrogens (primary N) is 1. The molecule has 100 valence electrons. The Morgan fingerprint density at radius 2 is 2.06 bits per heavy atom. The van der Waals surface area contributed by atoms with Gasteiger partial charge in [-0.15, -0.1) is 0 Å². The molecule has 1 aromatic rings. The molecule has 0 radical (unpaired) electrons. The van der Waals surface area contributed by atoms with Gasteiger partial charge in [-0.05, 0) is 13.8 Å². The molecule has 1 aromatic heterocycles. The highest BCUT2D eigenvalue weighted by atomic mass is 32.2. The highest BCUT2D eigenvalue weighted by molar-refractivity contribution is 7.99. The van der Waals surface area contributed by atoms with Gasteiger partial charge in [-0.1, -0.05) is 25.6 Å². The average Bonchev–Trinajstić information content (AvgIpc) is 2.24. The third kappa shape index (κ3) is 4.91. The average molecular weight is 268 g/mol. The van der Waals surface area contributed by atoms with Gasteiger partial charge in [0.2, 0.25) is 5.91 Å². The second-order valence-electron chi connectivity index (χ2n) is 4.65. The molecule has 0 bridgehead atoms. The number of amides is 1. The standard InChI is InChI=1S/C12H20N4OS/c1-7(2)12-15-9(13)5-11(16-12)18-6-10(17)14-8(3)4/h5,7-8H,6H2,1-4H3,(H,14,17)(H2,13,15,16). The zero-order valence-corrected chi connectivity index (χ0v) is 12.0. The first kappa shape index (κ1) is 14.8. The van der Waals surface area contributed by atoms with Crippen LogP contribution in [-0.4, -0.2) is 27.7 Å². The van der Waals surface area contributed by atoms with Crippen LogP contribution in [0.5, 0.6) is 0 Å². The summed E-state index contributed by atoms with van der Waals surface area (Å²) in [6.45, 7) is 7.88. The number of hydrogen-bond donors (Lipinski definition) is 2. The van der Waals surface area contributed by atoms with Gasteiger partial charge in [0, 0.05) is 18.0 Å². The van der Waals surface area contributed by atoms with E-state index in [0.717, 1.165) is 5.03 Å². The van der Waals surface area contributed by atoms with Gasteiger partial charge in [-0.3, -0.25) is 4.79 Å². The lowest BCUT2D eigenvalue weighted by atomic mass is 10.2. The fourth-order valence-electron chi connectivity index (χ4n) is 1.30. The summed E-state index contributed by atoms with van der Waals surface area (Å²) < 4.78 is 0. The Labute approximate surface area is 112 Å². The molecule has 0 saturated heterocycles. The number of nitrogens with one attached hydrogen (secondary N) is 1. The number of rotatable bonds is 5. The van der Waals surface area contributed by atoms with Crippen molar-refractivity contribution in [3.63, 3.8) is 0 Å². The Kier molecular flexibility index (Phi) is 5.40. The van der Waals surface area contributed by atoms with E-state index in [9.17, 15) is 4.79 Å². The van der Waals surface area contributed by atoms with Crippen LogP contribution in [0.4, 0.5) is 5.82 Å². The molecule has 0 atom stereocenters. The molecule has 0 aliphatic carbocycles. The quantitative estimate of drug-likeness (QED) is 0.628. The van der Waals surface area contributed by atoms with E-state index in [4.69, 9.17) is 5.73 Å². The summed E-state index contributed by atoms with van der Waals surface area (Å²) in [6.07, 6.45) is 0. The predicted octanol–water partition coefficient (Wildman–Crippen LogP) is 1.80. The van der Waals surface area contributed by atoms with E-state index in [-0.39, 0.29) is 17.9 Å². The third-order valence-electron chi connectivity index (χ3n) is 2.06. The van der Waals surface area contributed by atoms with E-state index in [2.05, 4.69) is 15.3 Å². The van der Waals surface area contributed by atoms with Crippen molar-refractivity contribution in [3.05, 3.63) is 11.9 Å². The van der Waals surface area contributed by atoms with E-state index in [0.29, 0.717) is 17.4 Å². The Bertz CT molecular complexity index is 421. The van der Waals surface area contributed by atoms with Crippen LogP contribution in [0.2, 0.25) is 0 Å². The molecule has 0 aromatic carbocycles. The Morgan fingerprint density at radius 3 is 2.61 bits per heavy atom. The van der Waals surface area contributed by atoms with Crippen molar-refractivity contribution in [3.8, 4) is 0 Å². The zero-order chi connectivity index (χ0) is 13.7. The van der Waals surface area contributed by atoms with Gasteiger partial charge in [0.15, 0.2) is 0 Å². The molecule has 18 heavy (non-hydrogen) atoms. The minimum absolute atomic E-state index is 0.00159. The lowest BCUT2D eigenvalue weighted by molar-refractivity contribution is -0.119. The van der Waals surface area contributed by atoms with Crippen molar-refractivity contribution in [2.45, 2.75) is 44.7 Å². The van der Waals surface area contributed by atoms with E-state index in [1.165, 1.54) is 11.8 Å². The number of thioether (sulfide) groups is 1. The van der Waals surface area contributed by atoms with Crippen LogP contribution in [-0.2, 0) is 4.79 Å². The fourth-order valence-corrected chi connectivity index (χ4v) is 2.02. The molecule has 0 aliphatic rings. The first-order chi connectivity index (χ1) is 8.38. The summed E-state index contributed by atoms with van der Waals surface area (Å²) in [4.78, 5) is 20.1. The second kappa shape index (κ2) is 6.58. The number of aromatic nitrogens is 2. The summed E-state index contributed by atoms with van der Waals surface area (Å²) in [6, 6.07) is 1.85. The van der Waals surface area contributed by atoms with Gasteiger partial charge in [0.05, 0.1) is 5.75 Å². The van der Waals surface area contributed by atoms with E-state index in [1.54, 1.807) is 6.07 Å². The lowest BCUT2D eigenvalue weighted by Crippen LogP contribution is -2.31. The van der Waals surface area contributed by atoms with Crippen molar-refractivity contribution >= 4 is 23.5 Å². The van der Waals surface area contributed by atoms with Crippen molar-refractivity contribution in [2.75, 3.05) is 11.5 Å². The van der Waals surface area contributed by atoms with Crippen molar-refractivity contribution in [1.82, 2.24) is 15.3 Å². The van der Waals surface area contributed by atoms with Gasteiger partial charge < -0.3 is 11.1 Å². The molecule has 1 amide bonds. The maximum Gasteiger partial charge on any atom is 0.230 e. The van der Waals surface area contributed by atoms with Crippen LogP contribution in [0.15, 0.2) is 11.1 Å². The Hall–Kier alpha value is -1.30.